The molecule has 4 nitrogen and oxygen atoms in total. The molecule has 0 aromatic carbocycles. The van der Waals surface area contributed by atoms with Crippen molar-refractivity contribution >= 4 is 0 Å². The molecule has 0 aliphatic heterocycles. The lowest BCUT2D eigenvalue weighted by Crippen LogP contribution is -2.12. The molecular formula is C13H22N2O2. The molecular weight excluding hydrogens is 216 g/mol. The van der Waals surface area contributed by atoms with Gasteiger partial charge in [0.1, 0.15) is 12.4 Å². The van der Waals surface area contributed by atoms with E-state index >= 15 is 0 Å². The van der Waals surface area contributed by atoms with Gasteiger partial charge in [0.25, 0.3) is 0 Å². The minimum absolute atomic E-state index is 0.440. The van der Waals surface area contributed by atoms with Crippen LogP contribution < -0.4 is 10.5 Å². The van der Waals surface area contributed by atoms with Crippen molar-refractivity contribution in [2.75, 3.05) is 19.8 Å². The van der Waals surface area contributed by atoms with E-state index in [1.807, 2.05) is 13.0 Å². The highest BCUT2D eigenvalue weighted by Gasteiger charge is 2.03. The zero-order valence-corrected chi connectivity index (χ0v) is 10.9. The monoisotopic (exact) mass is 238 g/mol. The van der Waals surface area contributed by atoms with Crippen molar-refractivity contribution in [3.8, 4) is 5.75 Å². The van der Waals surface area contributed by atoms with E-state index in [4.69, 9.17) is 15.2 Å². The molecule has 0 bridgehead atoms. The first-order valence-electron chi connectivity index (χ1n) is 5.99. The van der Waals surface area contributed by atoms with Gasteiger partial charge >= 0.3 is 0 Å². The van der Waals surface area contributed by atoms with Gasteiger partial charge in [0.15, 0.2) is 0 Å². The summed E-state index contributed by atoms with van der Waals surface area (Å²) in [6.07, 6.45) is 1.76. The molecule has 1 rings (SSSR count). The van der Waals surface area contributed by atoms with Crippen LogP contribution in [0.15, 0.2) is 12.3 Å². The molecule has 2 N–H and O–H groups in total. The molecule has 0 aliphatic rings. The van der Waals surface area contributed by atoms with Crippen molar-refractivity contribution in [1.29, 1.82) is 0 Å². The van der Waals surface area contributed by atoms with Gasteiger partial charge in [-0.2, -0.15) is 0 Å². The molecule has 0 amide bonds. The Hall–Kier alpha value is -1.13. The molecule has 1 heterocycles. The topological polar surface area (TPSA) is 57.4 Å². The summed E-state index contributed by atoms with van der Waals surface area (Å²) in [6, 6.07) is 1.91. The number of aromatic nitrogens is 1. The van der Waals surface area contributed by atoms with Crippen molar-refractivity contribution < 1.29 is 9.47 Å². The van der Waals surface area contributed by atoms with Gasteiger partial charge in [0.2, 0.25) is 0 Å². The van der Waals surface area contributed by atoms with E-state index in [0.29, 0.717) is 25.7 Å². The lowest BCUT2D eigenvalue weighted by atomic mass is 10.2. The molecule has 1 aromatic heterocycles. The standard InChI is InChI=1S/C13H22N2O2/c1-10(2)9-16-4-5-17-13-6-11(3)15-8-12(13)7-14/h6,8,10H,4-5,7,9,14H2,1-3H3. The first kappa shape index (κ1) is 13.9. The Labute approximate surface area is 103 Å². The van der Waals surface area contributed by atoms with E-state index < -0.39 is 0 Å². The van der Waals surface area contributed by atoms with Gasteiger partial charge in [-0.25, -0.2) is 0 Å². The summed E-state index contributed by atoms with van der Waals surface area (Å²) in [7, 11) is 0. The largest absolute Gasteiger partial charge is 0.491 e. The SMILES string of the molecule is Cc1cc(OCCOCC(C)C)c(CN)cn1. The fourth-order valence-electron chi connectivity index (χ4n) is 1.38. The second-order valence-electron chi connectivity index (χ2n) is 4.45. The minimum atomic E-state index is 0.440. The summed E-state index contributed by atoms with van der Waals surface area (Å²) in [5, 5.41) is 0. The number of hydrogen-bond donors (Lipinski definition) is 1. The Morgan fingerprint density at radius 3 is 2.76 bits per heavy atom. The predicted molar refractivity (Wildman–Crippen MR) is 68.0 cm³/mol. The first-order chi connectivity index (χ1) is 8.13. The van der Waals surface area contributed by atoms with Crippen LogP contribution in [0.3, 0.4) is 0 Å². The van der Waals surface area contributed by atoms with Crippen LogP contribution >= 0.6 is 0 Å². The Balaban J connectivity index is 2.37. The van der Waals surface area contributed by atoms with Crippen LogP contribution in [0.4, 0.5) is 0 Å². The predicted octanol–water partition coefficient (Wildman–Crippen LogP) is 1.90. The molecule has 17 heavy (non-hydrogen) atoms. The number of pyridine rings is 1. The lowest BCUT2D eigenvalue weighted by molar-refractivity contribution is 0.0816. The van der Waals surface area contributed by atoms with E-state index in [2.05, 4.69) is 18.8 Å². The summed E-state index contributed by atoms with van der Waals surface area (Å²) in [5.41, 5.74) is 7.48. The minimum Gasteiger partial charge on any atom is -0.491 e. The second-order valence-corrected chi connectivity index (χ2v) is 4.45. The first-order valence-corrected chi connectivity index (χ1v) is 5.99. The maximum absolute atomic E-state index is 5.65. The summed E-state index contributed by atoms with van der Waals surface area (Å²) in [6.45, 7) is 8.53. The molecule has 0 aliphatic carbocycles. The fourth-order valence-corrected chi connectivity index (χ4v) is 1.38. The maximum atomic E-state index is 5.65. The van der Waals surface area contributed by atoms with Crippen molar-refractivity contribution in [3.63, 3.8) is 0 Å². The molecule has 0 atom stereocenters. The van der Waals surface area contributed by atoms with Crippen molar-refractivity contribution in [3.05, 3.63) is 23.5 Å². The van der Waals surface area contributed by atoms with E-state index in [-0.39, 0.29) is 0 Å². The summed E-state index contributed by atoms with van der Waals surface area (Å²) < 4.78 is 11.1. The second kappa shape index (κ2) is 7.25. The highest BCUT2D eigenvalue weighted by atomic mass is 16.5. The van der Waals surface area contributed by atoms with Gasteiger partial charge in [-0.1, -0.05) is 13.8 Å². The van der Waals surface area contributed by atoms with E-state index in [9.17, 15) is 0 Å². The number of nitrogens with zero attached hydrogens (tertiary/aromatic N) is 1. The highest BCUT2D eigenvalue weighted by Crippen LogP contribution is 2.17. The van der Waals surface area contributed by atoms with Crippen LogP contribution in [0.1, 0.15) is 25.1 Å². The summed E-state index contributed by atoms with van der Waals surface area (Å²) in [5.74, 6) is 1.37. The third kappa shape index (κ3) is 5.15. The summed E-state index contributed by atoms with van der Waals surface area (Å²) in [4.78, 5) is 4.19. The van der Waals surface area contributed by atoms with Gasteiger partial charge in [0, 0.05) is 36.7 Å². The molecule has 0 spiro atoms. The molecule has 1 aromatic rings. The van der Waals surface area contributed by atoms with Crippen molar-refractivity contribution in [2.45, 2.75) is 27.3 Å². The van der Waals surface area contributed by atoms with Gasteiger partial charge in [-0.05, 0) is 12.8 Å². The zero-order chi connectivity index (χ0) is 12.7. The van der Waals surface area contributed by atoms with Crippen molar-refractivity contribution in [2.24, 2.45) is 11.7 Å². The number of hydrogen-bond acceptors (Lipinski definition) is 4. The lowest BCUT2D eigenvalue weighted by Gasteiger charge is -2.11. The number of rotatable bonds is 7. The smallest absolute Gasteiger partial charge is 0.127 e. The van der Waals surface area contributed by atoms with Crippen LogP contribution in [-0.2, 0) is 11.3 Å². The molecule has 0 unspecified atom stereocenters. The maximum Gasteiger partial charge on any atom is 0.127 e. The third-order valence-electron chi connectivity index (χ3n) is 2.24. The molecule has 4 heteroatoms. The van der Waals surface area contributed by atoms with Crippen LogP contribution in [0.2, 0.25) is 0 Å². The van der Waals surface area contributed by atoms with E-state index in [0.717, 1.165) is 23.6 Å². The third-order valence-corrected chi connectivity index (χ3v) is 2.24. The van der Waals surface area contributed by atoms with Crippen LogP contribution in [-0.4, -0.2) is 24.8 Å². The normalized spacial score (nSPS) is 10.9. The van der Waals surface area contributed by atoms with Gasteiger partial charge in [-0.3, -0.25) is 4.98 Å². The average molecular weight is 238 g/mol. The van der Waals surface area contributed by atoms with E-state index in [1.54, 1.807) is 6.20 Å². The number of ether oxygens (including phenoxy) is 2. The van der Waals surface area contributed by atoms with Gasteiger partial charge in [0.05, 0.1) is 6.61 Å². The Kier molecular flexibility index (Phi) is 5.94. The molecule has 0 radical (unpaired) electrons. The van der Waals surface area contributed by atoms with Crippen molar-refractivity contribution in [1.82, 2.24) is 4.98 Å². The zero-order valence-electron chi connectivity index (χ0n) is 10.9. The fraction of sp³-hybridized carbons (Fsp3) is 0.615. The Morgan fingerprint density at radius 1 is 1.35 bits per heavy atom. The Bertz CT molecular complexity index is 340. The molecule has 96 valence electrons. The average Bonchev–Trinajstić information content (AvgIpc) is 2.28. The van der Waals surface area contributed by atoms with Gasteiger partial charge in [-0.15, -0.1) is 0 Å². The van der Waals surface area contributed by atoms with Crippen LogP contribution in [0.5, 0.6) is 5.75 Å². The van der Waals surface area contributed by atoms with Crippen LogP contribution in [0, 0.1) is 12.8 Å². The quantitative estimate of drug-likeness (QED) is 0.737. The van der Waals surface area contributed by atoms with Gasteiger partial charge < -0.3 is 15.2 Å². The number of aryl methyl sites for hydroxylation is 1. The molecule has 0 saturated heterocycles. The van der Waals surface area contributed by atoms with Crippen LogP contribution in [0.25, 0.3) is 0 Å². The number of nitrogens with two attached hydrogens (primary N) is 1. The molecule has 0 fully saturated rings. The summed E-state index contributed by atoms with van der Waals surface area (Å²) >= 11 is 0. The van der Waals surface area contributed by atoms with E-state index in [1.165, 1.54) is 0 Å². The Morgan fingerprint density at radius 2 is 2.12 bits per heavy atom. The molecule has 0 saturated carbocycles. The highest BCUT2D eigenvalue weighted by molar-refractivity contribution is 5.32.